The predicted octanol–water partition coefficient (Wildman–Crippen LogP) is 3.88. The van der Waals surface area contributed by atoms with Crippen molar-refractivity contribution in [3.8, 4) is 17.3 Å². The summed E-state index contributed by atoms with van der Waals surface area (Å²) in [5.41, 5.74) is 8.06. The second kappa shape index (κ2) is 9.85. The van der Waals surface area contributed by atoms with Gasteiger partial charge in [0, 0.05) is 67.8 Å². The third-order valence-electron chi connectivity index (χ3n) is 8.55. The van der Waals surface area contributed by atoms with E-state index in [0.29, 0.717) is 22.9 Å². The maximum atomic E-state index is 16.6. The maximum absolute atomic E-state index is 16.6. The highest BCUT2D eigenvalue weighted by molar-refractivity contribution is 7.23. The molecular formula is C28H28F2N8OS. The molecule has 0 aliphatic carbocycles. The van der Waals surface area contributed by atoms with Crippen molar-refractivity contribution in [2.75, 3.05) is 56.4 Å². The SMILES string of the molecule is CCN1CCN([C@@H]2CCN(c3ncc4c5c(c(-c6ncc(F)c7sc(N)c(C#N)c67)c(F)c4n3)COC5)C2)CC1. The third-order valence-corrected chi connectivity index (χ3v) is 9.58. The molecule has 3 aliphatic rings. The van der Waals surface area contributed by atoms with Gasteiger partial charge < -0.3 is 20.3 Å². The number of halogens is 2. The lowest BCUT2D eigenvalue weighted by atomic mass is 9.94. The fourth-order valence-corrected chi connectivity index (χ4v) is 7.28. The molecule has 0 amide bonds. The van der Waals surface area contributed by atoms with Gasteiger partial charge in [-0.05, 0) is 24.1 Å². The summed E-state index contributed by atoms with van der Waals surface area (Å²) in [6.07, 6.45) is 3.74. The van der Waals surface area contributed by atoms with Crippen LogP contribution in [-0.2, 0) is 18.0 Å². The van der Waals surface area contributed by atoms with E-state index in [1.165, 1.54) is 0 Å². The Balaban J connectivity index is 1.31. The van der Waals surface area contributed by atoms with Gasteiger partial charge in [0.05, 0.1) is 35.4 Å². The first-order valence-electron chi connectivity index (χ1n) is 13.5. The molecule has 1 aromatic carbocycles. The summed E-state index contributed by atoms with van der Waals surface area (Å²) in [4.78, 5) is 20.8. The number of pyridine rings is 1. The first-order valence-corrected chi connectivity index (χ1v) is 14.4. The van der Waals surface area contributed by atoms with E-state index >= 15 is 4.39 Å². The molecule has 2 N–H and O–H groups in total. The van der Waals surface area contributed by atoms with Gasteiger partial charge in [-0.3, -0.25) is 9.88 Å². The molecule has 3 aliphatic heterocycles. The zero-order chi connectivity index (χ0) is 27.5. The average Bonchev–Trinajstić information content (AvgIpc) is 3.73. The van der Waals surface area contributed by atoms with Crippen LogP contribution >= 0.6 is 11.3 Å². The lowest BCUT2D eigenvalue weighted by Crippen LogP contribution is -2.50. The molecule has 2 saturated heterocycles. The maximum Gasteiger partial charge on any atom is 0.226 e. The minimum Gasteiger partial charge on any atom is -0.389 e. The van der Waals surface area contributed by atoms with Crippen LogP contribution in [0.25, 0.3) is 32.2 Å². The highest BCUT2D eigenvalue weighted by Gasteiger charge is 2.33. The number of nitrogens with two attached hydrogens (primary N) is 1. The van der Waals surface area contributed by atoms with Crippen LogP contribution in [0.3, 0.4) is 0 Å². The van der Waals surface area contributed by atoms with Gasteiger partial charge in [-0.25, -0.2) is 18.7 Å². The van der Waals surface area contributed by atoms with Crippen molar-refractivity contribution in [2.24, 2.45) is 0 Å². The number of nitrogen functional groups attached to an aromatic ring is 1. The van der Waals surface area contributed by atoms with Crippen LogP contribution in [0.15, 0.2) is 12.4 Å². The van der Waals surface area contributed by atoms with E-state index in [4.69, 9.17) is 15.5 Å². The van der Waals surface area contributed by atoms with E-state index in [1.807, 2.05) is 6.07 Å². The Bertz CT molecular complexity index is 1690. The van der Waals surface area contributed by atoms with Crippen molar-refractivity contribution in [2.45, 2.75) is 32.6 Å². The fraction of sp³-hybridized carbons (Fsp3) is 0.429. The zero-order valence-corrected chi connectivity index (χ0v) is 22.9. The number of benzene rings is 1. The quantitative estimate of drug-likeness (QED) is 0.396. The first kappa shape index (κ1) is 25.5. The second-order valence-electron chi connectivity index (χ2n) is 10.5. The molecule has 40 heavy (non-hydrogen) atoms. The third kappa shape index (κ3) is 3.91. The number of ether oxygens (including phenoxy) is 1. The Morgan fingerprint density at radius 3 is 2.70 bits per heavy atom. The topological polar surface area (TPSA) is 107 Å². The van der Waals surface area contributed by atoms with Crippen LogP contribution in [0.1, 0.15) is 30.0 Å². The van der Waals surface area contributed by atoms with Crippen molar-refractivity contribution in [3.63, 3.8) is 0 Å². The highest BCUT2D eigenvalue weighted by atomic mass is 32.1. The summed E-state index contributed by atoms with van der Waals surface area (Å²) in [6, 6.07) is 2.46. The smallest absolute Gasteiger partial charge is 0.226 e. The molecule has 206 valence electrons. The normalized spacial score (nSPS) is 20.1. The van der Waals surface area contributed by atoms with E-state index in [9.17, 15) is 9.65 Å². The van der Waals surface area contributed by atoms with Gasteiger partial charge in [0.15, 0.2) is 11.6 Å². The Morgan fingerprint density at radius 1 is 1.12 bits per heavy atom. The van der Waals surface area contributed by atoms with Crippen molar-refractivity contribution in [3.05, 3.63) is 40.7 Å². The molecule has 3 aromatic heterocycles. The molecule has 1 atom stereocenters. The van der Waals surface area contributed by atoms with Gasteiger partial charge in [-0.15, -0.1) is 11.3 Å². The molecule has 0 spiro atoms. The lowest BCUT2D eigenvalue weighted by Gasteiger charge is -2.37. The molecule has 9 nitrogen and oxygen atoms in total. The minimum atomic E-state index is -0.602. The van der Waals surface area contributed by atoms with E-state index in [2.05, 4.69) is 31.6 Å². The number of likely N-dealkylation sites (N-methyl/N-ethyl adjacent to an activating group) is 1. The molecular weight excluding hydrogens is 534 g/mol. The second-order valence-corrected chi connectivity index (χ2v) is 11.6. The number of anilines is 2. The number of thiophene rings is 1. The number of nitriles is 1. The summed E-state index contributed by atoms with van der Waals surface area (Å²) in [5.74, 6) is -0.695. The van der Waals surface area contributed by atoms with Crippen LogP contribution in [0, 0.1) is 23.0 Å². The molecule has 0 saturated carbocycles. The standard InChI is InChI=1S/C28H28F2N8OS/c1-2-36-5-7-37(8-6-36)15-3-4-38(12-15)28-34-10-17-18-13-39-14-19(18)21(23(30)24(17)35-28)25-22-16(9-31)27(32)40-26(22)20(29)11-33-25/h10-11,15H,2-8,12-14,32H2,1H3/t15-/m1/s1. The Hall–Kier alpha value is -3.50. The molecule has 0 unspecified atom stereocenters. The van der Waals surface area contributed by atoms with Gasteiger partial charge in [0.1, 0.15) is 16.6 Å². The van der Waals surface area contributed by atoms with Gasteiger partial charge in [0.25, 0.3) is 0 Å². The van der Waals surface area contributed by atoms with Gasteiger partial charge >= 0.3 is 0 Å². The van der Waals surface area contributed by atoms with E-state index < -0.39 is 11.6 Å². The largest absolute Gasteiger partial charge is 0.389 e. The van der Waals surface area contributed by atoms with Gasteiger partial charge in [0.2, 0.25) is 5.95 Å². The number of rotatable bonds is 4. The van der Waals surface area contributed by atoms with Gasteiger partial charge in [-0.1, -0.05) is 6.92 Å². The summed E-state index contributed by atoms with van der Waals surface area (Å²) >= 11 is 0.962. The highest BCUT2D eigenvalue weighted by Crippen LogP contribution is 2.45. The van der Waals surface area contributed by atoms with Crippen LogP contribution in [-0.4, -0.2) is 76.6 Å². The van der Waals surface area contributed by atoms with Crippen molar-refractivity contribution in [1.29, 1.82) is 5.26 Å². The molecule has 6 heterocycles. The molecule has 0 radical (unpaired) electrons. The number of hydrogen-bond donors (Lipinski definition) is 1. The summed E-state index contributed by atoms with van der Waals surface area (Å²) in [7, 11) is 0. The summed E-state index contributed by atoms with van der Waals surface area (Å²) < 4.78 is 37.2. The zero-order valence-electron chi connectivity index (χ0n) is 22.1. The number of fused-ring (bicyclic) bond motifs is 4. The van der Waals surface area contributed by atoms with Crippen LogP contribution in [0.4, 0.5) is 19.7 Å². The average molecular weight is 563 g/mol. The lowest BCUT2D eigenvalue weighted by molar-refractivity contribution is 0.107. The van der Waals surface area contributed by atoms with Crippen LogP contribution in [0.2, 0.25) is 0 Å². The predicted molar refractivity (Wildman–Crippen MR) is 150 cm³/mol. The molecule has 7 rings (SSSR count). The van der Waals surface area contributed by atoms with Crippen molar-refractivity contribution < 1.29 is 13.5 Å². The summed E-state index contributed by atoms with van der Waals surface area (Å²) in [5, 5.41) is 10.8. The van der Waals surface area contributed by atoms with E-state index in [1.54, 1.807) is 6.20 Å². The van der Waals surface area contributed by atoms with Crippen molar-refractivity contribution in [1.82, 2.24) is 24.8 Å². The number of aromatic nitrogens is 3. The number of nitrogens with zero attached hydrogens (tertiary/aromatic N) is 7. The Kier molecular flexibility index (Phi) is 6.27. The number of piperazine rings is 1. The van der Waals surface area contributed by atoms with E-state index in [-0.39, 0.29) is 50.6 Å². The first-order chi connectivity index (χ1) is 19.5. The van der Waals surface area contributed by atoms with Gasteiger partial charge in [-0.2, -0.15) is 5.26 Å². The minimum absolute atomic E-state index is 0.0976. The Labute approximate surface area is 233 Å². The van der Waals surface area contributed by atoms with Crippen LogP contribution in [0.5, 0.6) is 0 Å². The monoisotopic (exact) mass is 562 g/mol. The summed E-state index contributed by atoms with van der Waals surface area (Å²) in [6.45, 7) is 9.56. The van der Waals surface area contributed by atoms with E-state index in [0.717, 1.165) is 75.3 Å². The van der Waals surface area contributed by atoms with Crippen molar-refractivity contribution >= 4 is 43.3 Å². The van der Waals surface area contributed by atoms with Crippen LogP contribution < -0.4 is 10.6 Å². The molecule has 12 heteroatoms. The molecule has 0 bridgehead atoms. The fourth-order valence-electron chi connectivity index (χ4n) is 6.36. The molecule has 2 fully saturated rings. The molecule has 4 aromatic rings. The number of hydrogen-bond acceptors (Lipinski definition) is 10. The Morgan fingerprint density at radius 2 is 1.93 bits per heavy atom.